The molecule has 1 aliphatic carbocycles. The van der Waals surface area contributed by atoms with Crippen molar-refractivity contribution in [1.82, 2.24) is 0 Å². The van der Waals surface area contributed by atoms with Gasteiger partial charge in [-0.3, -0.25) is 4.79 Å². The maximum absolute atomic E-state index is 11.8. The third kappa shape index (κ3) is 1.67. The molecule has 84 valence electrons. The number of Topliss-reactive ketones (excluding diaryl/α,β-unsaturated/α-hetero) is 1. The fraction of sp³-hybridized carbons (Fsp3) is 0.818. The quantitative estimate of drug-likeness (QED) is 0.510. The molecule has 1 heterocycles. The van der Waals surface area contributed by atoms with Gasteiger partial charge in [0.15, 0.2) is 0 Å². The van der Waals surface area contributed by atoms with Crippen LogP contribution in [0.1, 0.15) is 39.0 Å². The van der Waals surface area contributed by atoms with Gasteiger partial charge >= 0.3 is 5.97 Å². The molecule has 2 rings (SSSR count). The molecule has 0 N–H and O–H groups in total. The lowest BCUT2D eigenvalue weighted by Crippen LogP contribution is -2.64. The van der Waals surface area contributed by atoms with E-state index in [0.717, 1.165) is 32.1 Å². The smallest absolute Gasteiger partial charge is 0.343 e. The zero-order valence-corrected chi connectivity index (χ0v) is 8.95. The van der Waals surface area contributed by atoms with E-state index in [-0.39, 0.29) is 5.78 Å². The Balaban J connectivity index is 1.95. The first kappa shape index (κ1) is 10.6. The average molecular weight is 212 g/mol. The van der Waals surface area contributed by atoms with Gasteiger partial charge in [-0.15, -0.1) is 0 Å². The number of carbonyl (C=O) groups is 2. The minimum Gasteiger partial charge on any atom is -0.464 e. The van der Waals surface area contributed by atoms with Gasteiger partial charge in [-0.1, -0.05) is 19.3 Å². The van der Waals surface area contributed by atoms with Crippen LogP contribution in [0.3, 0.4) is 0 Å². The van der Waals surface area contributed by atoms with Crippen LogP contribution in [0.2, 0.25) is 0 Å². The highest BCUT2D eigenvalue weighted by Crippen LogP contribution is 2.41. The molecular weight excluding hydrogens is 196 g/mol. The second-order valence-corrected chi connectivity index (χ2v) is 4.17. The Hall–Kier alpha value is -0.900. The van der Waals surface area contributed by atoms with Crippen molar-refractivity contribution in [2.24, 2.45) is 0 Å². The Labute approximate surface area is 88.9 Å². The molecule has 0 radical (unpaired) electrons. The topological polar surface area (TPSA) is 52.6 Å². The Morgan fingerprint density at radius 3 is 2.67 bits per heavy atom. The summed E-state index contributed by atoms with van der Waals surface area (Å²) < 4.78 is 10.2. The van der Waals surface area contributed by atoms with Crippen molar-refractivity contribution in [1.29, 1.82) is 0 Å². The summed E-state index contributed by atoms with van der Waals surface area (Å²) in [6.45, 7) is 2.01. The first-order chi connectivity index (χ1) is 7.19. The maximum atomic E-state index is 11.8. The van der Waals surface area contributed by atoms with Gasteiger partial charge in [0.25, 0.3) is 0 Å². The molecule has 1 saturated carbocycles. The molecule has 2 aliphatic rings. The van der Waals surface area contributed by atoms with Crippen molar-refractivity contribution < 1.29 is 19.1 Å². The van der Waals surface area contributed by atoms with Gasteiger partial charge in [0.2, 0.25) is 11.9 Å². The highest BCUT2D eigenvalue weighted by Gasteiger charge is 2.58. The van der Waals surface area contributed by atoms with Crippen LogP contribution in [0.5, 0.6) is 0 Å². The average Bonchev–Trinajstić information content (AvgIpc) is 2.27. The Morgan fingerprint density at radius 2 is 2.13 bits per heavy atom. The van der Waals surface area contributed by atoms with Crippen LogP contribution in [0.25, 0.3) is 0 Å². The maximum Gasteiger partial charge on any atom is 0.343 e. The fourth-order valence-corrected chi connectivity index (χ4v) is 2.38. The Kier molecular flexibility index (Phi) is 2.78. The third-order valence-electron chi connectivity index (χ3n) is 3.19. The number of hydrogen-bond acceptors (Lipinski definition) is 4. The number of hydrogen-bond donors (Lipinski definition) is 0. The van der Waals surface area contributed by atoms with Crippen LogP contribution in [-0.2, 0) is 19.1 Å². The SMILES string of the molecule is CCOC(=O)[C@@H]1OC2(CCCCC2)C1=O. The molecule has 0 aromatic carbocycles. The standard InChI is InChI=1S/C11H16O4/c1-2-14-10(13)8-9(12)11(15-8)6-4-3-5-7-11/h8H,2-7H2,1H3/t8-/m1/s1. The first-order valence-electron chi connectivity index (χ1n) is 5.58. The van der Waals surface area contributed by atoms with E-state index in [1.807, 2.05) is 0 Å². The number of carbonyl (C=O) groups excluding carboxylic acids is 2. The number of ether oxygens (including phenoxy) is 2. The summed E-state index contributed by atoms with van der Waals surface area (Å²) in [5, 5.41) is 0. The zero-order valence-electron chi connectivity index (χ0n) is 8.95. The second kappa shape index (κ2) is 3.93. The van der Waals surface area contributed by atoms with Crippen molar-refractivity contribution >= 4 is 11.8 Å². The van der Waals surface area contributed by atoms with E-state index in [2.05, 4.69) is 0 Å². The summed E-state index contributed by atoms with van der Waals surface area (Å²) in [5.41, 5.74) is -0.629. The predicted octanol–water partition coefficient (Wildman–Crippen LogP) is 1.22. The summed E-state index contributed by atoms with van der Waals surface area (Å²) in [5.74, 6) is -0.598. The lowest BCUT2D eigenvalue weighted by molar-refractivity contribution is -0.218. The fourth-order valence-electron chi connectivity index (χ4n) is 2.38. The van der Waals surface area contributed by atoms with E-state index < -0.39 is 17.7 Å². The summed E-state index contributed by atoms with van der Waals surface area (Å²) in [6.07, 6.45) is 3.78. The van der Waals surface area contributed by atoms with Gasteiger partial charge in [0.1, 0.15) is 5.60 Å². The summed E-state index contributed by atoms with van der Waals surface area (Å²) >= 11 is 0. The molecule has 0 amide bonds. The summed E-state index contributed by atoms with van der Waals surface area (Å²) in [6, 6.07) is 0. The molecule has 0 bridgehead atoms. The molecule has 1 spiro atoms. The highest BCUT2D eigenvalue weighted by atomic mass is 16.6. The lowest BCUT2D eigenvalue weighted by Gasteiger charge is -2.46. The number of ketones is 1. The molecule has 4 nitrogen and oxygen atoms in total. The molecule has 0 unspecified atom stereocenters. The van der Waals surface area contributed by atoms with Gasteiger partial charge in [0.05, 0.1) is 6.61 Å². The highest BCUT2D eigenvalue weighted by molar-refractivity contribution is 6.10. The van der Waals surface area contributed by atoms with Gasteiger partial charge in [-0.05, 0) is 19.8 Å². The molecule has 0 aromatic heterocycles. The first-order valence-corrected chi connectivity index (χ1v) is 5.58. The zero-order chi connectivity index (χ0) is 10.9. The number of rotatable bonds is 2. The molecule has 1 aliphatic heterocycles. The van der Waals surface area contributed by atoms with Crippen molar-refractivity contribution in [3.63, 3.8) is 0 Å². The van der Waals surface area contributed by atoms with Crippen LogP contribution in [0.15, 0.2) is 0 Å². The molecule has 0 aromatic rings. The van der Waals surface area contributed by atoms with E-state index >= 15 is 0 Å². The second-order valence-electron chi connectivity index (χ2n) is 4.17. The van der Waals surface area contributed by atoms with Gasteiger partial charge in [-0.2, -0.15) is 0 Å². The van der Waals surface area contributed by atoms with E-state index in [4.69, 9.17) is 9.47 Å². The van der Waals surface area contributed by atoms with Gasteiger partial charge in [-0.25, -0.2) is 4.79 Å². The Morgan fingerprint density at radius 1 is 1.47 bits per heavy atom. The van der Waals surface area contributed by atoms with Crippen molar-refractivity contribution in [3.8, 4) is 0 Å². The van der Waals surface area contributed by atoms with Crippen LogP contribution >= 0.6 is 0 Å². The van der Waals surface area contributed by atoms with Crippen molar-refractivity contribution in [3.05, 3.63) is 0 Å². The van der Waals surface area contributed by atoms with Crippen molar-refractivity contribution in [2.45, 2.75) is 50.7 Å². The number of esters is 1. The van der Waals surface area contributed by atoms with Crippen LogP contribution in [0.4, 0.5) is 0 Å². The minimum absolute atomic E-state index is 0.0688. The molecular formula is C11H16O4. The van der Waals surface area contributed by atoms with Crippen LogP contribution in [0, 0.1) is 0 Å². The van der Waals surface area contributed by atoms with E-state index in [1.165, 1.54) is 0 Å². The van der Waals surface area contributed by atoms with E-state index in [0.29, 0.717) is 6.61 Å². The van der Waals surface area contributed by atoms with Crippen LogP contribution in [-0.4, -0.2) is 30.1 Å². The minimum atomic E-state index is -0.942. The Bertz CT molecular complexity index is 278. The normalized spacial score (nSPS) is 28.6. The third-order valence-corrected chi connectivity index (χ3v) is 3.19. The van der Waals surface area contributed by atoms with E-state index in [9.17, 15) is 9.59 Å². The molecule has 2 fully saturated rings. The molecule has 1 saturated heterocycles. The molecule has 4 heteroatoms. The van der Waals surface area contributed by atoms with Crippen molar-refractivity contribution in [2.75, 3.05) is 6.61 Å². The largest absolute Gasteiger partial charge is 0.464 e. The summed E-state index contributed by atoms with van der Waals surface area (Å²) in [4.78, 5) is 23.1. The molecule has 1 atom stereocenters. The summed E-state index contributed by atoms with van der Waals surface area (Å²) in [7, 11) is 0. The van der Waals surface area contributed by atoms with E-state index in [1.54, 1.807) is 6.92 Å². The lowest BCUT2D eigenvalue weighted by atomic mass is 9.75. The van der Waals surface area contributed by atoms with Gasteiger partial charge < -0.3 is 9.47 Å². The molecule has 15 heavy (non-hydrogen) atoms. The van der Waals surface area contributed by atoms with Gasteiger partial charge in [0, 0.05) is 0 Å². The predicted molar refractivity (Wildman–Crippen MR) is 52.3 cm³/mol. The monoisotopic (exact) mass is 212 g/mol. The van der Waals surface area contributed by atoms with Crippen LogP contribution < -0.4 is 0 Å².